The molecule has 0 aliphatic carbocycles. The monoisotopic (exact) mass is 409 g/mol. The fourth-order valence-corrected chi connectivity index (χ4v) is 4.31. The zero-order valence-electron chi connectivity index (χ0n) is 18.5. The third-order valence-corrected chi connectivity index (χ3v) is 6.23. The molecule has 0 unspecified atom stereocenters. The van der Waals surface area contributed by atoms with Gasteiger partial charge in [-0.15, -0.1) is 0 Å². The Bertz CT molecular complexity index is 813. The highest BCUT2D eigenvalue weighted by molar-refractivity contribution is 5.60. The molecule has 1 aromatic carbocycles. The van der Waals surface area contributed by atoms with E-state index in [1.54, 1.807) is 0 Å². The summed E-state index contributed by atoms with van der Waals surface area (Å²) in [6.07, 6.45) is 3.83. The number of hydrogen-bond donors (Lipinski definition) is 1. The van der Waals surface area contributed by atoms with Gasteiger partial charge in [0.1, 0.15) is 5.82 Å². The molecule has 0 saturated carbocycles. The average molecular weight is 410 g/mol. The Morgan fingerprint density at radius 3 is 2.53 bits per heavy atom. The van der Waals surface area contributed by atoms with Crippen LogP contribution in [0.2, 0.25) is 0 Å². The van der Waals surface area contributed by atoms with Crippen LogP contribution in [0.15, 0.2) is 24.3 Å². The summed E-state index contributed by atoms with van der Waals surface area (Å²) < 4.78 is 5.67. The Labute approximate surface area is 180 Å². The van der Waals surface area contributed by atoms with E-state index in [2.05, 4.69) is 53.2 Å². The average Bonchev–Trinajstić information content (AvgIpc) is 3.47. The molecule has 1 N–H and O–H groups in total. The highest BCUT2D eigenvalue weighted by atomic mass is 16.5. The molecule has 2 aliphatic rings. The van der Waals surface area contributed by atoms with Crippen molar-refractivity contribution in [1.29, 1.82) is 0 Å². The van der Waals surface area contributed by atoms with Gasteiger partial charge in [-0.25, -0.2) is 9.97 Å². The summed E-state index contributed by atoms with van der Waals surface area (Å²) in [5.41, 5.74) is 4.53. The van der Waals surface area contributed by atoms with E-state index in [0.717, 1.165) is 67.6 Å². The first-order valence-corrected chi connectivity index (χ1v) is 11.5. The van der Waals surface area contributed by atoms with Gasteiger partial charge in [0.05, 0.1) is 18.9 Å². The van der Waals surface area contributed by atoms with Gasteiger partial charge >= 0.3 is 0 Å². The minimum Gasteiger partial charge on any atom is -0.370 e. The normalized spacial score (nSPS) is 16.4. The van der Waals surface area contributed by atoms with E-state index < -0.39 is 0 Å². The van der Waals surface area contributed by atoms with Crippen LogP contribution in [0.3, 0.4) is 0 Å². The van der Waals surface area contributed by atoms with Gasteiger partial charge < -0.3 is 15.0 Å². The Hall–Kier alpha value is -2.02. The topological polar surface area (TPSA) is 53.5 Å². The van der Waals surface area contributed by atoms with Crippen molar-refractivity contribution < 1.29 is 4.74 Å². The van der Waals surface area contributed by atoms with E-state index in [1.165, 1.54) is 31.5 Å². The van der Waals surface area contributed by atoms with Crippen molar-refractivity contribution in [1.82, 2.24) is 19.8 Å². The lowest BCUT2D eigenvalue weighted by Crippen LogP contribution is -2.22. The molecule has 162 valence electrons. The van der Waals surface area contributed by atoms with Crippen molar-refractivity contribution in [3.63, 3.8) is 0 Å². The molecular weight excluding hydrogens is 374 g/mol. The number of aromatic nitrogens is 2. The van der Waals surface area contributed by atoms with Crippen molar-refractivity contribution in [3.05, 3.63) is 41.1 Å². The third kappa shape index (κ3) is 5.17. The number of benzene rings is 1. The summed E-state index contributed by atoms with van der Waals surface area (Å²) in [4.78, 5) is 14.7. The lowest BCUT2D eigenvalue weighted by atomic mass is 10.1. The molecule has 0 bridgehead atoms. The Kier molecular flexibility index (Phi) is 7.31. The van der Waals surface area contributed by atoms with Gasteiger partial charge in [-0.1, -0.05) is 38.1 Å². The number of fused-ring (bicyclic) bond motifs is 1. The molecule has 3 heterocycles. The van der Waals surface area contributed by atoms with Crippen LogP contribution in [0.25, 0.3) is 11.4 Å². The van der Waals surface area contributed by atoms with Crippen LogP contribution in [0.4, 0.5) is 5.82 Å². The molecule has 0 radical (unpaired) electrons. The van der Waals surface area contributed by atoms with E-state index in [0.29, 0.717) is 13.2 Å². The van der Waals surface area contributed by atoms with Gasteiger partial charge in [0.15, 0.2) is 5.82 Å². The number of nitrogens with zero attached hydrogens (tertiary/aromatic N) is 4. The summed E-state index contributed by atoms with van der Waals surface area (Å²) >= 11 is 0. The molecular formula is C24H35N5O. The van der Waals surface area contributed by atoms with Gasteiger partial charge in [-0.3, -0.25) is 4.90 Å². The molecule has 6 heteroatoms. The second-order valence-electron chi connectivity index (χ2n) is 8.30. The molecule has 30 heavy (non-hydrogen) atoms. The largest absolute Gasteiger partial charge is 0.370 e. The lowest BCUT2D eigenvalue weighted by Gasteiger charge is -2.18. The summed E-state index contributed by atoms with van der Waals surface area (Å²) in [6, 6.07) is 8.69. The van der Waals surface area contributed by atoms with Crippen molar-refractivity contribution in [2.24, 2.45) is 0 Å². The van der Waals surface area contributed by atoms with Crippen LogP contribution in [0.1, 0.15) is 49.9 Å². The number of rotatable bonds is 10. The van der Waals surface area contributed by atoms with Crippen LogP contribution in [-0.4, -0.2) is 59.0 Å². The molecule has 6 nitrogen and oxygen atoms in total. The van der Waals surface area contributed by atoms with E-state index in [-0.39, 0.29) is 0 Å². The molecule has 2 aromatic rings. The summed E-state index contributed by atoms with van der Waals surface area (Å²) in [6.45, 7) is 13.3. The van der Waals surface area contributed by atoms with E-state index in [4.69, 9.17) is 14.7 Å². The fourth-order valence-electron chi connectivity index (χ4n) is 4.31. The van der Waals surface area contributed by atoms with Gasteiger partial charge in [0.2, 0.25) is 0 Å². The number of hydrogen-bond acceptors (Lipinski definition) is 6. The molecule has 2 aliphatic heterocycles. The van der Waals surface area contributed by atoms with Crippen molar-refractivity contribution in [2.75, 3.05) is 44.6 Å². The minimum atomic E-state index is 0.577. The Balaban J connectivity index is 1.43. The quantitative estimate of drug-likeness (QED) is 0.601. The lowest BCUT2D eigenvalue weighted by molar-refractivity contribution is 0.133. The fraction of sp³-hybridized carbons (Fsp3) is 0.583. The smallest absolute Gasteiger partial charge is 0.161 e. The maximum Gasteiger partial charge on any atom is 0.161 e. The van der Waals surface area contributed by atoms with E-state index in [1.807, 2.05) is 0 Å². The first kappa shape index (κ1) is 21.2. The predicted octanol–water partition coefficient (Wildman–Crippen LogP) is 3.91. The van der Waals surface area contributed by atoms with Gasteiger partial charge in [-0.05, 0) is 57.5 Å². The zero-order valence-corrected chi connectivity index (χ0v) is 18.5. The number of anilines is 1. The van der Waals surface area contributed by atoms with Crippen LogP contribution in [0, 0.1) is 0 Å². The molecule has 1 fully saturated rings. The van der Waals surface area contributed by atoms with Gasteiger partial charge in [0, 0.05) is 24.2 Å². The molecule has 1 saturated heterocycles. The zero-order chi connectivity index (χ0) is 20.8. The maximum atomic E-state index is 5.67. The standard InChI is InChI=1S/C24H35N5O/c1-3-28(4-2)16-19-8-10-20(11-9-19)23-26-22-18-30-17-21(22)24(27-23)25-12-7-15-29-13-5-6-14-29/h8-11H,3-7,12-18H2,1-2H3,(H,25,26,27). The summed E-state index contributed by atoms with van der Waals surface area (Å²) in [7, 11) is 0. The third-order valence-electron chi connectivity index (χ3n) is 6.23. The van der Waals surface area contributed by atoms with Gasteiger partial charge in [-0.2, -0.15) is 0 Å². The minimum absolute atomic E-state index is 0.577. The maximum absolute atomic E-state index is 5.67. The van der Waals surface area contributed by atoms with Crippen LogP contribution >= 0.6 is 0 Å². The van der Waals surface area contributed by atoms with Crippen LogP contribution < -0.4 is 5.32 Å². The van der Waals surface area contributed by atoms with Crippen LogP contribution in [0.5, 0.6) is 0 Å². The second kappa shape index (κ2) is 10.3. The Morgan fingerprint density at radius 2 is 1.80 bits per heavy atom. The number of ether oxygens (including phenoxy) is 1. The van der Waals surface area contributed by atoms with E-state index in [9.17, 15) is 0 Å². The van der Waals surface area contributed by atoms with Crippen molar-refractivity contribution >= 4 is 5.82 Å². The second-order valence-corrected chi connectivity index (χ2v) is 8.30. The molecule has 1 aromatic heterocycles. The first-order valence-electron chi connectivity index (χ1n) is 11.5. The van der Waals surface area contributed by atoms with Gasteiger partial charge in [0.25, 0.3) is 0 Å². The summed E-state index contributed by atoms with van der Waals surface area (Å²) in [5, 5.41) is 3.57. The van der Waals surface area contributed by atoms with Crippen LogP contribution in [-0.2, 0) is 24.5 Å². The molecule has 4 rings (SSSR count). The highest BCUT2D eigenvalue weighted by Crippen LogP contribution is 2.28. The highest BCUT2D eigenvalue weighted by Gasteiger charge is 2.20. The molecule has 0 atom stereocenters. The van der Waals surface area contributed by atoms with Crippen molar-refractivity contribution in [2.45, 2.75) is 52.9 Å². The summed E-state index contributed by atoms with van der Waals surface area (Å²) in [5.74, 6) is 1.73. The predicted molar refractivity (Wildman–Crippen MR) is 121 cm³/mol. The molecule has 0 amide bonds. The van der Waals surface area contributed by atoms with Crippen molar-refractivity contribution in [3.8, 4) is 11.4 Å². The number of nitrogens with one attached hydrogen (secondary N) is 1. The SMILES string of the molecule is CCN(CC)Cc1ccc(-c2nc3c(c(NCCCN4CCCC4)n2)COC3)cc1. The van der Waals surface area contributed by atoms with E-state index >= 15 is 0 Å². The molecule has 0 spiro atoms. The number of likely N-dealkylation sites (tertiary alicyclic amines) is 1. The first-order chi connectivity index (χ1) is 14.8. The Morgan fingerprint density at radius 1 is 1.03 bits per heavy atom.